The van der Waals surface area contributed by atoms with Gasteiger partial charge in [-0.05, 0) is 25.5 Å². The van der Waals surface area contributed by atoms with Gasteiger partial charge in [-0.1, -0.05) is 38.3 Å². The van der Waals surface area contributed by atoms with Crippen molar-refractivity contribution < 1.29 is 53.1 Å². The van der Waals surface area contributed by atoms with Crippen LogP contribution in [0, 0.1) is 0 Å². The summed E-state index contributed by atoms with van der Waals surface area (Å²) in [6.45, 7) is 0.219. The molecule has 0 fully saturated rings. The molecule has 0 bridgehead atoms. The van der Waals surface area contributed by atoms with E-state index < -0.39 is 68.4 Å². The number of amides is 1. The van der Waals surface area contributed by atoms with Gasteiger partial charge in [-0.3, -0.25) is 9.59 Å². The van der Waals surface area contributed by atoms with Crippen LogP contribution in [-0.2, 0) is 33.4 Å². The highest BCUT2D eigenvalue weighted by Gasteiger charge is 2.25. The van der Waals surface area contributed by atoms with Crippen LogP contribution in [0.15, 0.2) is 24.3 Å². The van der Waals surface area contributed by atoms with E-state index in [1.54, 1.807) is 0 Å². The minimum absolute atomic E-state index is 0.172. The molecule has 3 N–H and O–H groups in total. The van der Waals surface area contributed by atoms with Crippen molar-refractivity contribution in [2.45, 2.75) is 51.5 Å². The molecule has 0 saturated carbocycles. The van der Waals surface area contributed by atoms with Crippen LogP contribution in [0.5, 0.6) is 5.75 Å². The Labute approximate surface area is 208 Å². The lowest BCUT2D eigenvalue weighted by atomic mass is 10.1. The third kappa shape index (κ3) is 11.8. The number of nitrogens with one attached hydrogen (secondary N) is 1. The summed E-state index contributed by atoms with van der Waals surface area (Å²) in [6.07, 6.45) is 3.76. The fourth-order valence-electron chi connectivity index (χ4n) is 2.68. The highest BCUT2D eigenvalue weighted by Crippen LogP contribution is 2.19. The lowest BCUT2D eigenvalue weighted by Gasteiger charge is -2.25. The largest absolute Gasteiger partial charge is 0.454 e. The van der Waals surface area contributed by atoms with E-state index >= 15 is 0 Å². The normalized spacial score (nSPS) is 10.8. The Balaban J connectivity index is 2.50. The van der Waals surface area contributed by atoms with E-state index in [0.29, 0.717) is 6.42 Å². The first-order valence-corrected chi connectivity index (χ1v) is 11.4. The number of ether oxygens (including phenoxy) is 4. The van der Waals surface area contributed by atoms with E-state index in [9.17, 15) is 34.2 Å². The summed E-state index contributed by atoms with van der Waals surface area (Å²) >= 11 is 0. The maximum absolute atomic E-state index is 12.4. The lowest BCUT2D eigenvalue weighted by Crippen LogP contribution is -2.52. The number of rotatable bonds is 16. The molecule has 0 atom stereocenters. The summed E-state index contributed by atoms with van der Waals surface area (Å²) in [5.41, 5.74) is -1.46. The Kier molecular flexibility index (Phi) is 13.7. The van der Waals surface area contributed by atoms with Gasteiger partial charge < -0.3 is 34.5 Å². The van der Waals surface area contributed by atoms with Gasteiger partial charge in [-0.25, -0.2) is 14.4 Å². The van der Waals surface area contributed by atoms with Crippen molar-refractivity contribution in [1.82, 2.24) is 5.32 Å². The summed E-state index contributed by atoms with van der Waals surface area (Å²) in [5, 5.41) is 20.7. The fourth-order valence-corrected chi connectivity index (χ4v) is 2.68. The van der Waals surface area contributed by atoms with Crippen LogP contribution in [0.4, 0.5) is 0 Å². The van der Waals surface area contributed by atoms with Gasteiger partial charge in [0.15, 0.2) is 19.8 Å². The summed E-state index contributed by atoms with van der Waals surface area (Å²) in [5.74, 6) is -4.43. The van der Waals surface area contributed by atoms with E-state index in [4.69, 9.17) is 18.9 Å². The number of carbonyl (C=O) groups is 5. The molecule has 36 heavy (non-hydrogen) atoms. The maximum atomic E-state index is 12.4. The van der Waals surface area contributed by atoms with Gasteiger partial charge in [-0.15, -0.1) is 0 Å². The second-order valence-corrected chi connectivity index (χ2v) is 8.10. The number of esters is 4. The van der Waals surface area contributed by atoms with Crippen LogP contribution in [0.3, 0.4) is 0 Å². The van der Waals surface area contributed by atoms with Gasteiger partial charge in [-0.2, -0.15) is 0 Å². The topological polar surface area (TPSA) is 175 Å². The number of aliphatic hydroxyl groups is 2. The molecule has 0 heterocycles. The Morgan fingerprint density at radius 3 is 2.14 bits per heavy atom. The predicted molar refractivity (Wildman–Crippen MR) is 124 cm³/mol. The van der Waals surface area contributed by atoms with Crippen molar-refractivity contribution in [2.75, 3.05) is 33.0 Å². The molecule has 0 spiro atoms. The van der Waals surface area contributed by atoms with E-state index in [1.165, 1.54) is 31.2 Å². The molecule has 1 aromatic carbocycles. The first-order valence-electron chi connectivity index (χ1n) is 11.4. The second kappa shape index (κ2) is 16.2. The molecule has 0 unspecified atom stereocenters. The molecule has 0 aliphatic carbocycles. The summed E-state index contributed by atoms with van der Waals surface area (Å²) in [7, 11) is 0. The predicted octanol–water partition coefficient (Wildman–Crippen LogP) is 0.665. The molecule has 1 aromatic rings. The lowest BCUT2D eigenvalue weighted by molar-refractivity contribution is -0.162. The summed E-state index contributed by atoms with van der Waals surface area (Å²) in [6, 6.07) is 5.54. The first kappa shape index (κ1) is 30.5. The first-order chi connectivity index (χ1) is 17.1. The average Bonchev–Trinajstić information content (AvgIpc) is 2.87. The minimum Gasteiger partial charge on any atom is -0.454 e. The van der Waals surface area contributed by atoms with Crippen LogP contribution in [0.2, 0.25) is 0 Å². The quantitative estimate of drug-likeness (QED) is 0.123. The molecule has 0 radical (unpaired) electrons. The molecule has 0 aliphatic rings. The number of benzene rings is 1. The number of unbranched alkanes of at least 4 members (excludes halogenated alkanes) is 3. The van der Waals surface area contributed by atoms with Gasteiger partial charge in [0, 0.05) is 6.42 Å². The van der Waals surface area contributed by atoms with E-state index in [1.807, 2.05) is 6.92 Å². The zero-order valence-corrected chi connectivity index (χ0v) is 20.4. The second-order valence-electron chi connectivity index (χ2n) is 8.10. The minimum atomic E-state index is -1.29. The SMILES string of the molecule is CCCCCCC(=O)OCC(=O)OCC(=O)Oc1ccccc1C(=O)OCC(=O)NC(C)(CO)CO. The van der Waals surface area contributed by atoms with Crippen LogP contribution in [0.1, 0.15) is 56.3 Å². The molecule has 1 rings (SSSR count). The van der Waals surface area contributed by atoms with Crippen molar-refractivity contribution in [1.29, 1.82) is 0 Å². The molecular formula is C24H33NO11. The van der Waals surface area contributed by atoms with Crippen molar-refractivity contribution >= 4 is 29.8 Å². The third-order valence-electron chi connectivity index (χ3n) is 4.74. The van der Waals surface area contributed by atoms with Crippen molar-refractivity contribution in [3.8, 4) is 5.75 Å². The van der Waals surface area contributed by atoms with Gasteiger partial charge in [0.2, 0.25) is 0 Å². The van der Waals surface area contributed by atoms with Crippen LogP contribution < -0.4 is 10.1 Å². The molecule has 0 aliphatic heterocycles. The molecular weight excluding hydrogens is 478 g/mol. The van der Waals surface area contributed by atoms with Gasteiger partial charge in [0.1, 0.15) is 11.3 Å². The number of carbonyl (C=O) groups excluding carboxylic acids is 5. The Morgan fingerprint density at radius 2 is 1.47 bits per heavy atom. The molecule has 12 heteroatoms. The zero-order valence-electron chi connectivity index (χ0n) is 20.4. The van der Waals surface area contributed by atoms with Crippen LogP contribution in [0.25, 0.3) is 0 Å². The third-order valence-corrected chi connectivity index (χ3v) is 4.74. The molecule has 1 amide bonds. The fraction of sp³-hybridized carbons (Fsp3) is 0.542. The van der Waals surface area contributed by atoms with Crippen molar-refractivity contribution in [2.24, 2.45) is 0 Å². The highest BCUT2D eigenvalue weighted by molar-refractivity contribution is 5.95. The summed E-state index contributed by atoms with van der Waals surface area (Å²) in [4.78, 5) is 59.6. The van der Waals surface area contributed by atoms with Gasteiger partial charge in [0.05, 0.1) is 18.8 Å². The highest BCUT2D eigenvalue weighted by atomic mass is 16.6. The van der Waals surface area contributed by atoms with Gasteiger partial charge in [0.25, 0.3) is 5.91 Å². The molecule has 12 nitrogen and oxygen atoms in total. The van der Waals surface area contributed by atoms with E-state index in [-0.39, 0.29) is 17.7 Å². The average molecular weight is 512 g/mol. The Hall–Kier alpha value is -3.51. The Morgan fingerprint density at radius 1 is 0.833 bits per heavy atom. The molecule has 0 aromatic heterocycles. The standard InChI is InChI=1S/C24H33NO11/c1-3-4-5-6-11-20(29)33-13-21(30)34-14-22(31)36-18-10-8-7-9-17(18)23(32)35-12-19(28)25-24(2,15-26)16-27/h7-10,26-27H,3-6,11-16H2,1-2H3,(H,25,28). The number of hydrogen-bond donors (Lipinski definition) is 3. The number of hydrogen-bond acceptors (Lipinski definition) is 11. The molecule has 200 valence electrons. The van der Waals surface area contributed by atoms with Crippen molar-refractivity contribution in [3.63, 3.8) is 0 Å². The van der Waals surface area contributed by atoms with Gasteiger partial charge >= 0.3 is 23.9 Å². The van der Waals surface area contributed by atoms with Crippen LogP contribution in [-0.4, -0.2) is 78.6 Å². The zero-order chi connectivity index (χ0) is 27.0. The number of para-hydroxylation sites is 1. The van der Waals surface area contributed by atoms with Crippen LogP contribution >= 0.6 is 0 Å². The van der Waals surface area contributed by atoms with E-state index in [2.05, 4.69) is 5.32 Å². The number of aliphatic hydroxyl groups excluding tert-OH is 2. The summed E-state index contributed by atoms with van der Waals surface area (Å²) < 4.78 is 19.5. The maximum Gasteiger partial charge on any atom is 0.349 e. The Bertz CT molecular complexity index is 896. The monoisotopic (exact) mass is 511 g/mol. The van der Waals surface area contributed by atoms with Crippen molar-refractivity contribution in [3.05, 3.63) is 29.8 Å². The molecule has 0 saturated heterocycles. The smallest absolute Gasteiger partial charge is 0.349 e. The van der Waals surface area contributed by atoms with E-state index in [0.717, 1.165) is 19.3 Å².